The topological polar surface area (TPSA) is 29.9 Å². The molecule has 1 aromatic heterocycles. The van der Waals surface area contributed by atoms with E-state index in [4.69, 9.17) is 0 Å². The lowest BCUT2D eigenvalue weighted by Crippen LogP contribution is -1.97. The van der Waals surface area contributed by atoms with Gasteiger partial charge in [0.25, 0.3) is 0 Å². The van der Waals surface area contributed by atoms with Crippen molar-refractivity contribution in [3.8, 4) is 0 Å². The van der Waals surface area contributed by atoms with Gasteiger partial charge in [-0.15, -0.1) is 0 Å². The summed E-state index contributed by atoms with van der Waals surface area (Å²) in [5.74, 6) is 0.910. The predicted molar refractivity (Wildman–Crippen MR) is 59.6 cm³/mol. The van der Waals surface area contributed by atoms with Crippen molar-refractivity contribution >= 4 is 17.0 Å². The van der Waals surface area contributed by atoms with E-state index >= 15 is 0 Å². The smallest absolute Gasteiger partial charge is 0.203 e. The molecule has 1 heterocycles. The number of fused-ring (bicyclic) bond motifs is 1. The van der Waals surface area contributed by atoms with Gasteiger partial charge in [-0.1, -0.05) is 13.0 Å². The molecular formula is C11H15N3. The first-order valence-electron chi connectivity index (χ1n) is 4.89. The van der Waals surface area contributed by atoms with Gasteiger partial charge in [0.2, 0.25) is 5.95 Å². The van der Waals surface area contributed by atoms with Crippen LogP contribution in [-0.2, 0) is 13.5 Å². The maximum atomic E-state index is 4.49. The van der Waals surface area contributed by atoms with E-state index in [1.807, 2.05) is 14.1 Å². The first-order chi connectivity index (χ1) is 6.76. The Bertz CT molecular complexity index is 457. The van der Waals surface area contributed by atoms with Crippen LogP contribution < -0.4 is 5.32 Å². The second-order valence-electron chi connectivity index (χ2n) is 3.42. The maximum Gasteiger partial charge on any atom is 0.203 e. The summed E-state index contributed by atoms with van der Waals surface area (Å²) in [6.45, 7) is 2.16. The fourth-order valence-electron chi connectivity index (χ4n) is 1.69. The van der Waals surface area contributed by atoms with Crippen LogP contribution in [-0.4, -0.2) is 16.6 Å². The van der Waals surface area contributed by atoms with Crippen LogP contribution in [0.25, 0.3) is 11.0 Å². The number of anilines is 1. The van der Waals surface area contributed by atoms with Crippen LogP contribution in [0.2, 0.25) is 0 Å². The molecule has 1 N–H and O–H groups in total. The van der Waals surface area contributed by atoms with E-state index in [0.717, 1.165) is 17.9 Å². The lowest BCUT2D eigenvalue weighted by atomic mass is 10.1. The summed E-state index contributed by atoms with van der Waals surface area (Å²) in [6, 6.07) is 6.43. The molecule has 1 aromatic carbocycles. The quantitative estimate of drug-likeness (QED) is 0.784. The number of hydrogen-bond donors (Lipinski definition) is 1. The summed E-state index contributed by atoms with van der Waals surface area (Å²) in [4.78, 5) is 4.49. The van der Waals surface area contributed by atoms with Gasteiger partial charge in [0.15, 0.2) is 0 Å². The number of nitrogens with zero attached hydrogens (tertiary/aromatic N) is 2. The average molecular weight is 189 g/mol. The minimum Gasteiger partial charge on any atom is -0.359 e. The zero-order chi connectivity index (χ0) is 10.1. The molecule has 0 fully saturated rings. The number of imidazole rings is 1. The third kappa shape index (κ3) is 1.25. The van der Waals surface area contributed by atoms with E-state index in [-0.39, 0.29) is 0 Å². The summed E-state index contributed by atoms with van der Waals surface area (Å²) in [6.07, 6.45) is 1.06. The molecule has 0 atom stereocenters. The van der Waals surface area contributed by atoms with Gasteiger partial charge in [-0.3, -0.25) is 0 Å². The first-order valence-corrected chi connectivity index (χ1v) is 4.89. The fourth-order valence-corrected chi connectivity index (χ4v) is 1.69. The van der Waals surface area contributed by atoms with Crippen LogP contribution >= 0.6 is 0 Å². The maximum absolute atomic E-state index is 4.49. The number of aromatic nitrogens is 2. The van der Waals surface area contributed by atoms with E-state index < -0.39 is 0 Å². The third-order valence-electron chi connectivity index (χ3n) is 2.58. The van der Waals surface area contributed by atoms with Gasteiger partial charge in [0, 0.05) is 14.1 Å². The van der Waals surface area contributed by atoms with Gasteiger partial charge >= 0.3 is 0 Å². The Morgan fingerprint density at radius 2 is 2.21 bits per heavy atom. The molecule has 0 unspecified atom stereocenters. The summed E-state index contributed by atoms with van der Waals surface area (Å²) in [5.41, 5.74) is 3.57. The molecule has 0 aliphatic heterocycles. The highest BCUT2D eigenvalue weighted by Gasteiger charge is 2.05. The summed E-state index contributed by atoms with van der Waals surface area (Å²) in [7, 11) is 3.91. The third-order valence-corrected chi connectivity index (χ3v) is 2.58. The highest BCUT2D eigenvalue weighted by Crippen LogP contribution is 2.19. The largest absolute Gasteiger partial charge is 0.359 e. The van der Waals surface area contributed by atoms with Crippen molar-refractivity contribution in [3.63, 3.8) is 0 Å². The molecular weight excluding hydrogens is 174 g/mol. The molecule has 3 heteroatoms. The lowest BCUT2D eigenvalue weighted by molar-refractivity contribution is 0.952. The summed E-state index contributed by atoms with van der Waals surface area (Å²) < 4.78 is 2.06. The van der Waals surface area contributed by atoms with Crippen molar-refractivity contribution in [2.75, 3.05) is 12.4 Å². The molecule has 2 rings (SSSR count). The fraction of sp³-hybridized carbons (Fsp3) is 0.364. The van der Waals surface area contributed by atoms with Gasteiger partial charge in [0.05, 0.1) is 11.0 Å². The van der Waals surface area contributed by atoms with Gasteiger partial charge in [-0.05, 0) is 24.1 Å². The molecule has 14 heavy (non-hydrogen) atoms. The molecule has 3 nitrogen and oxygen atoms in total. The van der Waals surface area contributed by atoms with Crippen molar-refractivity contribution < 1.29 is 0 Å². The molecule has 0 amide bonds. The van der Waals surface area contributed by atoms with Gasteiger partial charge in [0.1, 0.15) is 0 Å². The van der Waals surface area contributed by atoms with Crippen molar-refractivity contribution in [1.82, 2.24) is 9.55 Å². The standard InChI is InChI=1S/C11H15N3/c1-4-8-5-6-10-9(7-8)13-11(12-2)14(10)3/h5-7H,4H2,1-3H3,(H,12,13). The molecule has 0 bridgehead atoms. The Hall–Kier alpha value is -1.51. The normalized spacial score (nSPS) is 10.8. The van der Waals surface area contributed by atoms with Gasteiger partial charge in [-0.25, -0.2) is 4.98 Å². The molecule has 0 saturated heterocycles. The van der Waals surface area contributed by atoms with Crippen LogP contribution in [0.1, 0.15) is 12.5 Å². The number of benzene rings is 1. The monoisotopic (exact) mass is 189 g/mol. The lowest BCUT2D eigenvalue weighted by Gasteiger charge is -1.99. The SMILES string of the molecule is CCc1ccc2c(c1)nc(NC)n2C. The minimum atomic E-state index is 0.910. The van der Waals surface area contributed by atoms with Crippen LogP contribution in [0.4, 0.5) is 5.95 Å². The van der Waals surface area contributed by atoms with E-state index in [9.17, 15) is 0 Å². The minimum absolute atomic E-state index is 0.910. The second kappa shape index (κ2) is 3.33. The Balaban J connectivity index is 2.66. The van der Waals surface area contributed by atoms with Crippen molar-refractivity contribution in [2.24, 2.45) is 7.05 Å². The molecule has 0 aliphatic carbocycles. The number of aryl methyl sites for hydroxylation is 2. The highest BCUT2D eigenvalue weighted by atomic mass is 15.2. The average Bonchev–Trinajstić information content (AvgIpc) is 2.55. The predicted octanol–water partition coefficient (Wildman–Crippen LogP) is 2.18. The van der Waals surface area contributed by atoms with Crippen molar-refractivity contribution in [1.29, 1.82) is 0 Å². The van der Waals surface area contributed by atoms with E-state index in [1.54, 1.807) is 0 Å². The number of hydrogen-bond acceptors (Lipinski definition) is 2. The Morgan fingerprint density at radius 1 is 1.43 bits per heavy atom. The zero-order valence-corrected chi connectivity index (χ0v) is 8.83. The van der Waals surface area contributed by atoms with Crippen LogP contribution in [0.15, 0.2) is 18.2 Å². The Morgan fingerprint density at radius 3 is 2.86 bits per heavy atom. The van der Waals surface area contributed by atoms with E-state index in [0.29, 0.717) is 0 Å². The second-order valence-corrected chi connectivity index (χ2v) is 3.42. The Kier molecular flexibility index (Phi) is 2.15. The summed E-state index contributed by atoms with van der Waals surface area (Å²) >= 11 is 0. The zero-order valence-electron chi connectivity index (χ0n) is 8.83. The van der Waals surface area contributed by atoms with Crippen molar-refractivity contribution in [3.05, 3.63) is 23.8 Å². The van der Waals surface area contributed by atoms with E-state index in [1.165, 1.54) is 11.1 Å². The number of nitrogens with one attached hydrogen (secondary N) is 1. The molecule has 0 aliphatic rings. The van der Waals surface area contributed by atoms with E-state index in [2.05, 4.69) is 40.0 Å². The summed E-state index contributed by atoms with van der Waals surface area (Å²) in [5, 5.41) is 3.07. The van der Waals surface area contributed by atoms with Crippen molar-refractivity contribution in [2.45, 2.75) is 13.3 Å². The molecule has 0 spiro atoms. The first kappa shape index (κ1) is 9.06. The number of rotatable bonds is 2. The van der Waals surface area contributed by atoms with Crippen LogP contribution in [0.5, 0.6) is 0 Å². The van der Waals surface area contributed by atoms with Gasteiger partial charge in [-0.2, -0.15) is 0 Å². The van der Waals surface area contributed by atoms with Crippen LogP contribution in [0.3, 0.4) is 0 Å². The molecule has 74 valence electrons. The Labute approximate surface area is 83.8 Å². The highest BCUT2D eigenvalue weighted by molar-refractivity contribution is 5.79. The molecule has 0 saturated carbocycles. The van der Waals surface area contributed by atoms with Crippen LogP contribution in [0, 0.1) is 0 Å². The van der Waals surface area contributed by atoms with Gasteiger partial charge < -0.3 is 9.88 Å². The molecule has 0 radical (unpaired) electrons. The molecule has 2 aromatic rings.